The molecule has 0 aliphatic heterocycles. The van der Waals surface area contributed by atoms with E-state index in [0.29, 0.717) is 11.1 Å². The number of carboxylic acid groups (broad SMARTS) is 4. The second-order valence-electron chi connectivity index (χ2n) is 16.3. The monoisotopic (exact) mass is 965 g/mol. The van der Waals surface area contributed by atoms with Crippen molar-refractivity contribution in [3.05, 3.63) is 71.9 Å². The topological polar surface area (TPSA) is 409 Å². The summed E-state index contributed by atoms with van der Waals surface area (Å²) in [6, 6.07) is 5.29. The molecular weight excluding hydrogens is 907 g/mol. The Morgan fingerprint density at radius 3 is 1.42 bits per heavy atom. The zero-order valence-electron chi connectivity index (χ0n) is 37.7. The van der Waals surface area contributed by atoms with Gasteiger partial charge in [-0.05, 0) is 56.2 Å². The number of aromatic nitrogens is 1. The molecule has 0 radical (unpaired) electrons. The van der Waals surface area contributed by atoms with Crippen LogP contribution in [-0.4, -0.2) is 133 Å². The van der Waals surface area contributed by atoms with Gasteiger partial charge >= 0.3 is 23.9 Å². The van der Waals surface area contributed by atoms with E-state index in [4.69, 9.17) is 21.7 Å². The first-order chi connectivity index (χ1) is 32.6. The molecule has 0 aliphatic rings. The van der Waals surface area contributed by atoms with Gasteiger partial charge in [0.2, 0.25) is 41.4 Å². The number of para-hydroxylation sites is 1. The number of carbonyl (C=O) groups is 11. The fraction of sp³-hybridized carbons (Fsp3) is 0.444. The lowest BCUT2D eigenvalue weighted by Crippen LogP contribution is -2.60. The van der Waals surface area contributed by atoms with E-state index >= 15 is 0 Å². The van der Waals surface area contributed by atoms with Gasteiger partial charge in [-0.2, -0.15) is 0 Å². The summed E-state index contributed by atoms with van der Waals surface area (Å²) in [6.07, 6.45) is -3.06. The zero-order valence-corrected chi connectivity index (χ0v) is 37.7. The average molecular weight is 966 g/mol. The maximum Gasteiger partial charge on any atom is 0.303 e. The van der Waals surface area contributed by atoms with Crippen molar-refractivity contribution in [3.63, 3.8) is 0 Å². The molecule has 69 heavy (non-hydrogen) atoms. The summed E-state index contributed by atoms with van der Waals surface area (Å²) in [4.78, 5) is 143. The van der Waals surface area contributed by atoms with E-state index in [2.05, 4.69) is 36.9 Å². The SMILES string of the molecule is C[C@H](CCC(=O)O)NC(=O)[C@H](Cc1c[nH]c2ccccc12)NC(=O)[C@H](CCC(=O)O)NC(=O)[C@H](Cc1ccccc1)NC(=O)[C@H](CCC(=O)O)NC(=O)[C@H](CCC(N)=O)NC(=O)[C@@H](N)CCC(=O)O. The Balaban J connectivity index is 1.95. The minimum atomic E-state index is -1.72. The number of aliphatic carboxylic acids is 4. The maximum absolute atomic E-state index is 14.3. The van der Waals surface area contributed by atoms with Crippen molar-refractivity contribution in [3.8, 4) is 0 Å². The molecular formula is C45H59N9O15. The Morgan fingerprint density at radius 1 is 0.493 bits per heavy atom. The molecule has 0 spiro atoms. The number of aromatic amines is 1. The molecule has 15 N–H and O–H groups in total. The van der Waals surface area contributed by atoms with Gasteiger partial charge in [0.05, 0.1) is 6.04 Å². The van der Waals surface area contributed by atoms with Gasteiger partial charge in [-0.1, -0.05) is 48.5 Å². The van der Waals surface area contributed by atoms with Crippen LogP contribution in [0, 0.1) is 0 Å². The Bertz CT molecular complexity index is 2320. The molecule has 7 atom stereocenters. The summed E-state index contributed by atoms with van der Waals surface area (Å²) >= 11 is 0. The standard InChI is InChI=1S/C45H59N9O15/c1-24(11-17-36(56)57)49-44(68)34(22-26-23-48-29-10-6-5-9-27(26)29)54-43(67)32(15-20-39(62)63)52-45(69)33(21-25-7-3-2-4-8-25)53-42(66)31(14-19-38(60)61)51-41(65)30(13-16-35(47)55)50-40(64)28(46)12-18-37(58)59/h2-10,23-24,28,30-34,48H,11-22,46H2,1H3,(H2,47,55)(H,49,68)(H,50,64)(H,51,65)(H,52,69)(H,53,66)(H,54,67)(H,56,57)(H,58,59)(H,60,61)(H,62,63)/t24-,28+,30+,31+,32+,33+,34+/m1/s1. The summed E-state index contributed by atoms with van der Waals surface area (Å²) < 4.78 is 0. The largest absolute Gasteiger partial charge is 0.481 e. The number of nitrogens with two attached hydrogens (primary N) is 2. The Hall–Kier alpha value is -7.89. The number of carbonyl (C=O) groups excluding carboxylic acids is 7. The second-order valence-corrected chi connectivity index (χ2v) is 16.3. The summed E-state index contributed by atoms with van der Waals surface area (Å²) in [5, 5.41) is 52.9. The third kappa shape index (κ3) is 19.9. The predicted octanol–water partition coefficient (Wildman–Crippen LogP) is -1.07. The van der Waals surface area contributed by atoms with Crippen molar-refractivity contribution < 1.29 is 73.2 Å². The number of fused-ring (bicyclic) bond motifs is 1. The molecule has 0 saturated heterocycles. The highest BCUT2D eigenvalue weighted by atomic mass is 16.4. The molecule has 1 heterocycles. The number of primary amides is 1. The third-order valence-corrected chi connectivity index (χ3v) is 10.7. The molecule has 0 saturated carbocycles. The van der Waals surface area contributed by atoms with Gasteiger partial charge in [-0.25, -0.2) is 0 Å². The van der Waals surface area contributed by atoms with Crippen LogP contribution in [0.4, 0.5) is 0 Å². The van der Waals surface area contributed by atoms with E-state index in [1.807, 2.05) is 0 Å². The zero-order chi connectivity index (χ0) is 51.2. The highest BCUT2D eigenvalue weighted by Crippen LogP contribution is 2.20. The van der Waals surface area contributed by atoms with Crippen LogP contribution in [0.25, 0.3) is 10.9 Å². The van der Waals surface area contributed by atoms with Crippen molar-refractivity contribution in [1.29, 1.82) is 0 Å². The minimum absolute atomic E-state index is 0.0544. The highest BCUT2D eigenvalue weighted by Gasteiger charge is 2.34. The van der Waals surface area contributed by atoms with E-state index in [-0.39, 0.29) is 32.1 Å². The van der Waals surface area contributed by atoms with Gasteiger partial charge in [-0.3, -0.25) is 52.7 Å². The molecule has 24 heteroatoms. The van der Waals surface area contributed by atoms with Crippen molar-refractivity contribution in [2.24, 2.45) is 11.5 Å². The predicted molar refractivity (Wildman–Crippen MR) is 243 cm³/mol. The van der Waals surface area contributed by atoms with E-state index in [1.165, 1.54) is 0 Å². The number of amides is 7. The molecule has 24 nitrogen and oxygen atoms in total. The molecule has 2 aromatic carbocycles. The van der Waals surface area contributed by atoms with E-state index in [1.54, 1.807) is 67.7 Å². The Morgan fingerprint density at radius 2 is 0.899 bits per heavy atom. The first-order valence-electron chi connectivity index (χ1n) is 22.0. The van der Waals surface area contributed by atoms with Crippen molar-refractivity contribution in [1.82, 2.24) is 36.9 Å². The van der Waals surface area contributed by atoms with E-state index < -0.39 is 152 Å². The number of hydrogen-bond acceptors (Lipinski definition) is 12. The Kier molecular flexibility index (Phi) is 22.2. The molecule has 3 aromatic rings. The van der Waals surface area contributed by atoms with Crippen molar-refractivity contribution >= 4 is 76.1 Å². The van der Waals surface area contributed by atoms with Crippen LogP contribution in [0.3, 0.4) is 0 Å². The summed E-state index contributed by atoms with van der Waals surface area (Å²) in [6.45, 7) is 1.57. The van der Waals surface area contributed by atoms with Gasteiger partial charge in [0, 0.05) is 68.1 Å². The lowest BCUT2D eigenvalue weighted by molar-refractivity contribution is -0.139. The van der Waals surface area contributed by atoms with Gasteiger partial charge in [-0.15, -0.1) is 0 Å². The van der Waals surface area contributed by atoms with Crippen LogP contribution in [0.1, 0.15) is 82.3 Å². The van der Waals surface area contributed by atoms with Crippen molar-refractivity contribution in [2.75, 3.05) is 0 Å². The molecule has 3 rings (SSSR count). The van der Waals surface area contributed by atoms with Gasteiger partial charge in [0.25, 0.3) is 0 Å². The van der Waals surface area contributed by atoms with Gasteiger partial charge in [0.15, 0.2) is 0 Å². The van der Waals surface area contributed by atoms with Crippen molar-refractivity contribution in [2.45, 2.75) is 126 Å². The summed E-state index contributed by atoms with van der Waals surface area (Å²) in [7, 11) is 0. The van der Waals surface area contributed by atoms with Gasteiger partial charge < -0.3 is 68.8 Å². The first-order valence-corrected chi connectivity index (χ1v) is 22.0. The number of benzene rings is 2. The quantitative estimate of drug-likeness (QED) is 0.0365. The smallest absolute Gasteiger partial charge is 0.303 e. The second kappa shape index (κ2) is 27.7. The van der Waals surface area contributed by atoms with Crippen LogP contribution in [0.15, 0.2) is 60.8 Å². The van der Waals surface area contributed by atoms with Gasteiger partial charge in [0.1, 0.15) is 30.2 Å². The lowest BCUT2D eigenvalue weighted by Gasteiger charge is -2.27. The van der Waals surface area contributed by atoms with E-state index in [9.17, 15) is 63.0 Å². The summed E-state index contributed by atoms with van der Waals surface area (Å²) in [5.41, 5.74) is 12.9. The number of hydrogen-bond donors (Lipinski definition) is 13. The fourth-order valence-corrected chi connectivity index (χ4v) is 6.95. The molecule has 0 bridgehead atoms. The molecule has 1 aromatic heterocycles. The van der Waals surface area contributed by atoms with Crippen LogP contribution >= 0.6 is 0 Å². The molecule has 7 amide bonds. The van der Waals surface area contributed by atoms with Crippen LogP contribution in [0.2, 0.25) is 0 Å². The molecule has 0 unspecified atom stereocenters. The number of H-pyrrole nitrogens is 1. The van der Waals surface area contributed by atoms with Crippen LogP contribution in [-0.2, 0) is 65.6 Å². The minimum Gasteiger partial charge on any atom is -0.481 e. The molecule has 0 aliphatic carbocycles. The number of rotatable bonds is 31. The van der Waals surface area contributed by atoms with Crippen LogP contribution in [0.5, 0.6) is 0 Å². The average Bonchev–Trinajstić information content (AvgIpc) is 3.70. The Labute approximate surface area is 395 Å². The fourth-order valence-electron chi connectivity index (χ4n) is 6.95. The summed E-state index contributed by atoms with van der Waals surface area (Å²) in [5.74, 6) is -11.9. The molecule has 374 valence electrons. The third-order valence-electron chi connectivity index (χ3n) is 10.7. The maximum atomic E-state index is 14.3. The first kappa shape index (κ1) is 55.4. The number of carboxylic acids is 4. The molecule has 0 fully saturated rings. The lowest BCUT2D eigenvalue weighted by atomic mass is 10.0. The van der Waals surface area contributed by atoms with E-state index in [0.717, 1.165) is 10.9 Å². The highest BCUT2D eigenvalue weighted by molar-refractivity contribution is 5.97. The van der Waals surface area contributed by atoms with Crippen LogP contribution < -0.4 is 43.4 Å². The number of nitrogens with one attached hydrogen (secondary N) is 7. The normalized spacial score (nSPS) is 14.0.